The summed E-state index contributed by atoms with van der Waals surface area (Å²) in [5.41, 5.74) is 1.42. The summed E-state index contributed by atoms with van der Waals surface area (Å²) in [6.45, 7) is 2.13. The third-order valence-corrected chi connectivity index (χ3v) is 7.41. The highest BCUT2D eigenvalue weighted by Crippen LogP contribution is 2.44. The molecule has 2 atom stereocenters. The Morgan fingerprint density at radius 2 is 1.79 bits per heavy atom. The topological polar surface area (TPSA) is 88.4 Å². The first-order chi connectivity index (χ1) is 16.2. The van der Waals surface area contributed by atoms with Gasteiger partial charge < -0.3 is 14.8 Å². The SMILES string of the molecule is CCOc1c(Cl)cc([C@@H]2C(C#N)=C(SCc3ccc(Cl)c(Cl)c3)NC(=O)[C@H]2C(=O)OC)cc1Cl. The zero-order valence-electron chi connectivity index (χ0n) is 18.0. The first-order valence-corrected chi connectivity index (χ1v) is 12.4. The molecule has 0 fully saturated rings. The van der Waals surface area contributed by atoms with Crippen molar-refractivity contribution in [3.63, 3.8) is 0 Å². The molecule has 2 aromatic carbocycles. The van der Waals surface area contributed by atoms with Crippen LogP contribution in [0.1, 0.15) is 24.0 Å². The van der Waals surface area contributed by atoms with Crippen molar-refractivity contribution >= 4 is 70.0 Å². The molecule has 0 aromatic heterocycles. The Hall–Kier alpha value is -2.08. The van der Waals surface area contributed by atoms with E-state index < -0.39 is 23.7 Å². The summed E-state index contributed by atoms with van der Waals surface area (Å²) in [5.74, 6) is -3.00. The first kappa shape index (κ1) is 26.5. The number of nitrogens with zero attached hydrogens (tertiary/aromatic N) is 1. The highest BCUT2D eigenvalue weighted by molar-refractivity contribution is 8.02. The number of carbonyl (C=O) groups is 2. The van der Waals surface area contributed by atoms with Crippen molar-refractivity contribution in [3.8, 4) is 11.8 Å². The van der Waals surface area contributed by atoms with Gasteiger partial charge in [0.25, 0.3) is 0 Å². The van der Waals surface area contributed by atoms with Gasteiger partial charge >= 0.3 is 5.97 Å². The summed E-state index contributed by atoms with van der Waals surface area (Å²) in [5, 5.41) is 14.2. The molecule has 0 bridgehead atoms. The Kier molecular flexibility index (Phi) is 9.02. The number of hydrogen-bond acceptors (Lipinski definition) is 6. The number of esters is 1. The number of allylic oxidation sites excluding steroid dienone is 1. The third kappa shape index (κ3) is 5.59. The van der Waals surface area contributed by atoms with Crippen LogP contribution in [0.15, 0.2) is 40.9 Å². The maximum absolute atomic E-state index is 13.0. The number of carbonyl (C=O) groups excluding carboxylic acids is 2. The van der Waals surface area contributed by atoms with E-state index >= 15 is 0 Å². The molecule has 3 rings (SSSR count). The Morgan fingerprint density at radius 3 is 2.35 bits per heavy atom. The molecule has 1 aliphatic rings. The predicted octanol–water partition coefficient (Wildman–Crippen LogP) is 6.37. The summed E-state index contributed by atoms with van der Waals surface area (Å²) < 4.78 is 10.3. The molecule has 2 aromatic rings. The molecular weight excluding hydrogens is 542 g/mol. The fourth-order valence-electron chi connectivity index (χ4n) is 3.51. The Bertz CT molecular complexity index is 1190. The second-order valence-corrected chi connectivity index (χ2v) is 9.72. The van der Waals surface area contributed by atoms with Gasteiger partial charge in [0.15, 0.2) is 5.75 Å². The highest BCUT2D eigenvalue weighted by atomic mass is 35.5. The molecule has 0 unspecified atom stereocenters. The number of rotatable bonds is 7. The number of methoxy groups -OCH3 is 1. The Morgan fingerprint density at radius 1 is 1.12 bits per heavy atom. The van der Waals surface area contributed by atoms with Gasteiger partial charge in [0.1, 0.15) is 5.92 Å². The zero-order valence-corrected chi connectivity index (χ0v) is 21.8. The van der Waals surface area contributed by atoms with Crippen molar-refractivity contribution in [1.82, 2.24) is 5.32 Å². The number of halogens is 4. The van der Waals surface area contributed by atoms with Crippen LogP contribution in [0.25, 0.3) is 0 Å². The smallest absolute Gasteiger partial charge is 0.319 e. The fraction of sp³-hybridized carbons (Fsp3) is 0.261. The van der Waals surface area contributed by atoms with E-state index in [-0.39, 0.29) is 21.4 Å². The van der Waals surface area contributed by atoms with E-state index in [9.17, 15) is 14.9 Å². The van der Waals surface area contributed by atoms with Gasteiger partial charge in [-0.05, 0) is 42.3 Å². The summed E-state index contributed by atoms with van der Waals surface area (Å²) in [6.07, 6.45) is 0. The average Bonchev–Trinajstić information content (AvgIpc) is 2.81. The van der Waals surface area contributed by atoms with E-state index in [1.165, 1.54) is 31.0 Å². The maximum atomic E-state index is 13.0. The lowest BCUT2D eigenvalue weighted by Gasteiger charge is -2.31. The van der Waals surface area contributed by atoms with E-state index in [0.29, 0.717) is 33.0 Å². The summed E-state index contributed by atoms with van der Waals surface area (Å²) in [4.78, 5) is 25.6. The highest BCUT2D eigenvalue weighted by Gasteiger charge is 2.44. The number of benzene rings is 2. The number of amides is 1. The van der Waals surface area contributed by atoms with Gasteiger partial charge in [-0.2, -0.15) is 5.26 Å². The molecule has 0 radical (unpaired) electrons. The summed E-state index contributed by atoms with van der Waals surface area (Å²) in [7, 11) is 1.18. The van der Waals surface area contributed by atoms with Crippen LogP contribution in [0.5, 0.6) is 5.75 Å². The van der Waals surface area contributed by atoms with Gasteiger partial charge in [-0.15, -0.1) is 11.8 Å². The van der Waals surface area contributed by atoms with Crippen LogP contribution in [-0.4, -0.2) is 25.6 Å². The van der Waals surface area contributed by atoms with E-state index in [1.807, 2.05) is 0 Å². The van der Waals surface area contributed by atoms with Gasteiger partial charge in [-0.25, -0.2) is 0 Å². The molecule has 0 spiro atoms. The molecule has 1 N–H and O–H groups in total. The largest absolute Gasteiger partial charge is 0.491 e. The summed E-state index contributed by atoms with van der Waals surface area (Å²) in [6, 6.07) is 10.4. The molecule has 1 amide bonds. The molecule has 178 valence electrons. The fourth-order valence-corrected chi connectivity index (χ4v) is 5.43. The first-order valence-electron chi connectivity index (χ1n) is 9.93. The van der Waals surface area contributed by atoms with Crippen LogP contribution >= 0.6 is 58.2 Å². The van der Waals surface area contributed by atoms with Crippen molar-refractivity contribution < 1.29 is 19.1 Å². The predicted molar refractivity (Wildman–Crippen MR) is 134 cm³/mol. The molecule has 1 heterocycles. The van der Waals surface area contributed by atoms with E-state index in [4.69, 9.17) is 55.9 Å². The Balaban J connectivity index is 2.08. The number of thioether (sulfide) groups is 1. The van der Waals surface area contributed by atoms with Crippen LogP contribution in [0.3, 0.4) is 0 Å². The standard InChI is InChI=1S/C23H18Cl4N2O4S/c1-3-33-20-16(26)7-12(8-17(20)27)18-13(9-28)22(29-21(30)19(18)23(31)32-2)34-10-11-4-5-14(24)15(25)6-11/h4-8,18-19H,3,10H2,1-2H3,(H,29,30)/t18-,19+/m1/s1. The van der Waals surface area contributed by atoms with E-state index in [0.717, 1.165) is 5.56 Å². The second kappa shape index (κ2) is 11.6. The molecule has 1 aliphatic heterocycles. The van der Waals surface area contributed by atoms with Crippen molar-refractivity contribution in [2.24, 2.45) is 5.92 Å². The molecular formula is C23H18Cl4N2O4S. The van der Waals surface area contributed by atoms with Crippen molar-refractivity contribution in [3.05, 3.63) is 72.2 Å². The minimum absolute atomic E-state index is 0.177. The van der Waals surface area contributed by atoms with Gasteiger partial charge in [0, 0.05) is 11.7 Å². The summed E-state index contributed by atoms with van der Waals surface area (Å²) >= 11 is 26.0. The lowest BCUT2D eigenvalue weighted by atomic mass is 9.78. The van der Waals surface area contributed by atoms with Crippen molar-refractivity contribution in [2.45, 2.75) is 18.6 Å². The van der Waals surface area contributed by atoms with Crippen LogP contribution in [0, 0.1) is 17.2 Å². The molecule has 34 heavy (non-hydrogen) atoms. The van der Waals surface area contributed by atoms with E-state index in [2.05, 4.69) is 11.4 Å². The normalized spacial score (nSPS) is 17.7. The number of nitrogens with one attached hydrogen (secondary N) is 1. The van der Waals surface area contributed by atoms with Gasteiger partial charge in [0.05, 0.1) is 50.5 Å². The van der Waals surface area contributed by atoms with Gasteiger partial charge in [0.2, 0.25) is 5.91 Å². The zero-order chi connectivity index (χ0) is 25.0. The molecule has 11 heteroatoms. The monoisotopic (exact) mass is 558 g/mol. The Labute approximate surface area is 221 Å². The van der Waals surface area contributed by atoms with Crippen LogP contribution in [0.2, 0.25) is 20.1 Å². The lowest BCUT2D eigenvalue weighted by molar-refractivity contribution is -0.150. The van der Waals surface area contributed by atoms with Crippen molar-refractivity contribution in [2.75, 3.05) is 13.7 Å². The van der Waals surface area contributed by atoms with Crippen LogP contribution in [-0.2, 0) is 20.1 Å². The van der Waals surface area contributed by atoms with Crippen molar-refractivity contribution in [1.29, 1.82) is 5.26 Å². The molecule has 0 saturated carbocycles. The molecule has 0 saturated heterocycles. The van der Waals surface area contributed by atoms with Crippen LogP contribution in [0.4, 0.5) is 0 Å². The number of ether oxygens (including phenoxy) is 2. The quantitative estimate of drug-likeness (QED) is 0.313. The minimum atomic E-state index is -1.31. The van der Waals surface area contributed by atoms with E-state index in [1.54, 1.807) is 25.1 Å². The molecule has 0 aliphatic carbocycles. The second-order valence-electron chi connectivity index (χ2n) is 7.11. The van der Waals surface area contributed by atoms with Gasteiger partial charge in [-0.3, -0.25) is 9.59 Å². The lowest BCUT2D eigenvalue weighted by Crippen LogP contribution is -2.44. The molecule has 6 nitrogen and oxygen atoms in total. The third-order valence-electron chi connectivity index (χ3n) is 5.02. The van der Waals surface area contributed by atoms with Gasteiger partial charge in [-0.1, -0.05) is 52.5 Å². The van der Waals surface area contributed by atoms with Crippen LogP contribution < -0.4 is 10.1 Å². The number of nitriles is 1. The number of hydrogen-bond donors (Lipinski definition) is 1. The average molecular weight is 560 g/mol. The maximum Gasteiger partial charge on any atom is 0.319 e. The minimum Gasteiger partial charge on any atom is -0.491 e.